The van der Waals surface area contributed by atoms with Gasteiger partial charge >= 0.3 is 0 Å². The lowest BCUT2D eigenvalue weighted by atomic mass is 9.95. The molecule has 0 spiro atoms. The molecule has 1 saturated carbocycles. The van der Waals surface area contributed by atoms with E-state index in [1.165, 1.54) is 12.8 Å². The van der Waals surface area contributed by atoms with Crippen molar-refractivity contribution in [2.75, 3.05) is 6.54 Å². The van der Waals surface area contributed by atoms with E-state index < -0.39 is 0 Å². The Bertz CT molecular complexity index is 940. The van der Waals surface area contributed by atoms with Crippen LogP contribution < -0.4 is 0 Å². The van der Waals surface area contributed by atoms with Gasteiger partial charge in [-0.05, 0) is 37.5 Å². The largest absolute Gasteiger partial charge is 0.345 e. The first-order chi connectivity index (χ1) is 12.8. The molecular formula is C19H21N5O2. The summed E-state index contributed by atoms with van der Waals surface area (Å²) < 4.78 is 5.57. The van der Waals surface area contributed by atoms with Gasteiger partial charge in [0, 0.05) is 24.6 Å². The predicted molar refractivity (Wildman–Crippen MR) is 95.3 cm³/mol. The number of nitrogens with one attached hydrogen (secondary N) is 1. The number of likely N-dealkylation sites (tertiary alicyclic amines) is 1. The number of nitrogens with zero attached hydrogens (tertiary/aromatic N) is 4. The summed E-state index contributed by atoms with van der Waals surface area (Å²) in [6, 6.07) is 6.27. The van der Waals surface area contributed by atoms with Gasteiger partial charge in [-0.25, -0.2) is 4.98 Å². The second-order valence-electron chi connectivity index (χ2n) is 7.31. The van der Waals surface area contributed by atoms with Crippen molar-refractivity contribution in [3.63, 3.8) is 0 Å². The number of amides is 1. The van der Waals surface area contributed by atoms with Gasteiger partial charge in [-0.3, -0.25) is 4.79 Å². The van der Waals surface area contributed by atoms with E-state index in [9.17, 15) is 4.79 Å². The van der Waals surface area contributed by atoms with Gasteiger partial charge in [-0.15, -0.1) is 0 Å². The van der Waals surface area contributed by atoms with E-state index in [1.807, 2.05) is 18.2 Å². The molecule has 134 valence electrons. The minimum atomic E-state index is 0.130. The van der Waals surface area contributed by atoms with E-state index in [1.54, 1.807) is 6.33 Å². The maximum absolute atomic E-state index is 12.3. The molecule has 1 N–H and O–H groups in total. The van der Waals surface area contributed by atoms with Crippen LogP contribution in [0.5, 0.6) is 0 Å². The number of carbonyl (C=O) groups excluding carboxylic acids is 1. The highest BCUT2D eigenvalue weighted by atomic mass is 16.5. The van der Waals surface area contributed by atoms with E-state index in [-0.39, 0.29) is 11.8 Å². The number of hydrogen-bond donors (Lipinski definition) is 1. The Labute approximate surface area is 150 Å². The molecule has 3 aromatic rings. The van der Waals surface area contributed by atoms with E-state index in [4.69, 9.17) is 4.52 Å². The summed E-state index contributed by atoms with van der Waals surface area (Å²) in [4.78, 5) is 26.4. The molecule has 5 rings (SSSR count). The van der Waals surface area contributed by atoms with Crippen LogP contribution >= 0.6 is 0 Å². The minimum Gasteiger partial charge on any atom is -0.345 e. The molecule has 0 bridgehead atoms. The number of fused-ring (bicyclic) bond motifs is 1. The lowest BCUT2D eigenvalue weighted by Crippen LogP contribution is -2.44. The highest BCUT2D eigenvalue weighted by Gasteiger charge is 2.35. The molecule has 1 atom stereocenters. The number of aromatic nitrogens is 4. The van der Waals surface area contributed by atoms with Crippen molar-refractivity contribution in [1.29, 1.82) is 0 Å². The van der Waals surface area contributed by atoms with Crippen LogP contribution in [0.1, 0.15) is 50.3 Å². The lowest BCUT2D eigenvalue weighted by Gasteiger charge is -2.35. The zero-order valence-corrected chi connectivity index (χ0v) is 14.5. The third-order valence-corrected chi connectivity index (χ3v) is 5.68. The van der Waals surface area contributed by atoms with Gasteiger partial charge in [-0.2, -0.15) is 4.98 Å². The number of H-pyrrole nitrogens is 1. The maximum atomic E-state index is 12.3. The van der Waals surface area contributed by atoms with Crippen LogP contribution in [0.25, 0.3) is 22.4 Å². The molecular weight excluding hydrogens is 330 g/mol. The van der Waals surface area contributed by atoms with Gasteiger partial charge in [0.1, 0.15) is 0 Å². The highest BCUT2D eigenvalue weighted by Crippen LogP contribution is 2.33. The van der Waals surface area contributed by atoms with Crippen LogP contribution in [-0.4, -0.2) is 43.5 Å². The third kappa shape index (κ3) is 2.67. The number of imidazole rings is 1. The van der Waals surface area contributed by atoms with E-state index in [0.29, 0.717) is 30.7 Å². The average molecular weight is 351 g/mol. The fourth-order valence-corrected chi connectivity index (χ4v) is 4.24. The summed E-state index contributed by atoms with van der Waals surface area (Å²) in [6.45, 7) is 0.699. The van der Waals surface area contributed by atoms with Crippen molar-refractivity contribution < 1.29 is 9.32 Å². The molecule has 26 heavy (non-hydrogen) atoms. The molecule has 0 radical (unpaired) electrons. The Kier molecular flexibility index (Phi) is 3.72. The summed E-state index contributed by atoms with van der Waals surface area (Å²) in [6.07, 6.45) is 7.71. The monoisotopic (exact) mass is 351 g/mol. The molecule has 7 heteroatoms. The Morgan fingerprint density at radius 3 is 2.96 bits per heavy atom. The van der Waals surface area contributed by atoms with Crippen molar-refractivity contribution in [3.8, 4) is 11.4 Å². The van der Waals surface area contributed by atoms with Crippen LogP contribution in [0.3, 0.4) is 0 Å². The topological polar surface area (TPSA) is 87.9 Å². The molecule has 2 aromatic heterocycles. The Balaban J connectivity index is 1.38. The number of hydrogen-bond acceptors (Lipinski definition) is 5. The average Bonchev–Trinajstić information content (AvgIpc) is 3.41. The molecule has 7 nitrogen and oxygen atoms in total. The van der Waals surface area contributed by atoms with Crippen molar-refractivity contribution in [2.24, 2.45) is 0 Å². The molecule has 1 aromatic carbocycles. The van der Waals surface area contributed by atoms with Crippen LogP contribution in [0, 0.1) is 0 Å². The fraction of sp³-hybridized carbons (Fsp3) is 0.474. The lowest BCUT2D eigenvalue weighted by molar-refractivity contribution is -0.136. The smallest absolute Gasteiger partial charge is 0.231 e. The normalized spacial score (nSPS) is 21.8. The van der Waals surface area contributed by atoms with Gasteiger partial charge in [0.05, 0.1) is 23.3 Å². The molecule has 3 heterocycles. The van der Waals surface area contributed by atoms with Crippen LogP contribution in [-0.2, 0) is 4.79 Å². The van der Waals surface area contributed by atoms with Crippen molar-refractivity contribution in [3.05, 3.63) is 30.4 Å². The van der Waals surface area contributed by atoms with E-state index in [0.717, 1.165) is 35.9 Å². The second kappa shape index (κ2) is 6.23. The molecule has 1 amide bonds. The Morgan fingerprint density at radius 2 is 2.08 bits per heavy atom. The minimum absolute atomic E-state index is 0.130. The van der Waals surface area contributed by atoms with Crippen LogP contribution in [0.2, 0.25) is 0 Å². The summed E-state index contributed by atoms with van der Waals surface area (Å²) >= 11 is 0. The summed E-state index contributed by atoms with van der Waals surface area (Å²) in [5.41, 5.74) is 2.76. The third-order valence-electron chi connectivity index (χ3n) is 5.68. The van der Waals surface area contributed by atoms with Gasteiger partial charge in [0.2, 0.25) is 17.6 Å². The standard InChI is InChI=1S/C19H21N5O2/c25-17-8-6-13(10-24(17)14-3-1-2-4-14)19-22-18(23-26-19)12-5-7-15-16(9-12)21-11-20-15/h5,7,9,11,13-14H,1-4,6,8,10H2,(H,20,21)/t13-/m1/s1. The number of benzene rings is 1. The van der Waals surface area contributed by atoms with Crippen molar-refractivity contribution >= 4 is 16.9 Å². The Hall–Kier alpha value is -2.70. The molecule has 0 unspecified atom stereocenters. The number of piperidine rings is 1. The van der Waals surface area contributed by atoms with Gasteiger partial charge in [-0.1, -0.05) is 18.0 Å². The van der Waals surface area contributed by atoms with E-state index >= 15 is 0 Å². The molecule has 2 aliphatic rings. The number of carbonyl (C=O) groups is 1. The van der Waals surface area contributed by atoms with Crippen molar-refractivity contribution in [1.82, 2.24) is 25.0 Å². The van der Waals surface area contributed by atoms with Gasteiger partial charge in [0.25, 0.3) is 0 Å². The van der Waals surface area contributed by atoms with E-state index in [2.05, 4.69) is 25.0 Å². The SMILES string of the molecule is O=C1CC[C@@H](c2nc(-c3ccc4nc[nH]c4c3)no2)CN1C1CCCC1. The van der Waals surface area contributed by atoms with Crippen LogP contribution in [0.4, 0.5) is 0 Å². The Morgan fingerprint density at radius 1 is 1.19 bits per heavy atom. The quantitative estimate of drug-likeness (QED) is 0.782. The maximum Gasteiger partial charge on any atom is 0.231 e. The number of rotatable bonds is 3. The first kappa shape index (κ1) is 15.5. The zero-order valence-electron chi connectivity index (χ0n) is 14.5. The molecule has 1 saturated heterocycles. The summed E-state index contributed by atoms with van der Waals surface area (Å²) in [5, 5.41) is 4.17. The van der Waals surface area contributed by atoms with Crippen LogP contribution in [0.15, 0.2) is 29.0 Å². The molecule has 1 aliphatic heterocycles. The molecule has 1 aliphatic carbocycles. The fourth-order valence-electron chi connectivity index (χ4n) is 4.24. The zero-order chi connectivity index (χ0) is 17.5. The summed E-state index contributed by atoms with van der Waals surface area (Å²) in [7, 11) is 0. The first-order valence-corrected chi connectivity index (χ1v) is 9.34. The summed E-state index contributed by atoms with van der Waals surface area (Å²) in [5.74, 6) is 1.63. The first-order valence-electron chi connectivity index (χ1n) is 9.34. The van der Waals surface area contributed by atoms with Crippen molar-refractivity contribution in [2.45, 2.75) is 50.5 Å². The molecule has 2 fully saturated rings. The number of aromatic amines is 1. The van der Waals surface area contributed by atoms with Gasteiger partial charge in [0.15, 0.2) is 0 Å². The highest BCUT2D eigenvalue weighted by molar-refractivity contribution is 5.80. The second-order valence-corrected chi connectivity index (χ2v) is 7.31. The predicted octanol–water partition coefficient (Wildman–Crippen LogP) is 3.26. The van der Waals surface area contributed by atoms with Gasteiger partial charge < -0.3 is 14.4 Å².